The average Bonchev–Trinajstić information content (AvgIpc) is 3.04. The largest absolute Gasteiger partial charge is 0.506 e. The molecule has 5 N–H and O–H groups in total. The lowest BCUT2D eigenvalue weighted by Crippen LogP contribution is -2.43. The number of phenols is 1. The van der Waals surface area contributed by atoms with Gasteiger partial charge in [0, 0.05) is 43.8 Å². The zero-order chi connectivity index (χ0) is 20.4. The number of piperazine rings is 1. The maximum atomic E-state index is 12.6. The molecule has 29 heavy (non-hydrogen) atoms. The van der Waals surface area contributed by atoms with Gasteiger partial charge in [0.25, 0.3) is 5.91 Å². The highest BCUT2D eigenvalue weighted by Crippen LogP contribution is 2.32. The number of amides is 1. The first-order valence-electron chi connectivity index (χ1n) is 9.74. The number of carbonyl (C=O) groups is 1. The number of benzene rings is 1. The zero-order valence-electron chi connectivity index (χ0n) is 16.4. The highest BCUT2D eigenvalue weighted by molar-refractivity contribution is 7.21. The fourth-order valence-corrected chi connectivity index (χ4v) is 4.61. The topological polar surface area (TPSA) is 104 Å². The van der Waals surface area contributed by atoms with Crippen LogP contribution in [0.15, 0.2) is 30.3 Å². The Labute approximate surface area is 173 Å². The number of aromatic hydroxyl groups is 1. The highest BCUT2D eigenvalue weighted by Gasteiger charge is 2.17. The van der Waals surface area contributed by atoms with E-state index in [4.69, 9.17) is 5.73 Å². The molecule has 0 bridgehead atoms. The molecule has 0 aliphatic carbocycles. The van der Waals surface area contributed by atoms with E-state index in [9.17, 15) is 9.90 Å². The molecule has 0 saturated carbocycles. The first kappa shape index (κ1) is 19.5. The Kier molecular flexibility index (Phi) is 5.55. The van der Waals surface area contributed by atoms with E-state index in [0.29, 0.717) is 23.5 Å². The van der Waals surface area contributed by atoms with Crippen molar-refractivity contribution in [3.63, 3.8) is 0 Å². The normalized spacial score (nSPS) is 14.3. The van der Waals surface area contributed by atoms with E-state index in [0.717, 1.165) is 53.3 Å². The van der Waals surface area contributed by atoms with Crippen molar-refractivity contribution < 1.29 is 9.90 Å². The van der Waals surface area contributed by atoms with Crippen LogP contribution in [0.25, 0.3) is 10.2 Å². The minimum absolute atomic E-state index is 0.190. The summed E-state index contributed by atoms with van der Waals surface area (Å²) in [7, 11) is 0. The van der Waals surface area contributed by atoms with E-state index in [1.165, 1.54) is 11.3 Å². The van der Waals surface area contributed by atoms with Crippen molar-refractivity contribution >= 4 is 38.8 Å². The molecule has 1 aliphatic heterocycles. The first-order valence-corrected chi connectivity index (χ1v) is 10.6. The van der Waals surface area contributed by atoms with E-state index in [-0.39, 0.29) is 11.7 Å². The van der Waals surface area contributed by atoms with Crippen molar-refractivity contribution in [2.75, 3.05) is 43.4 Å². The number of nitrogens with zero attached hydrogens (tertiary/aromatic N) is 2. The molecule has 1 aromatic carbocycles. The van der Waals surface area contributed by atoms with Gasteiger partial charge in [-0.2, -0.15) is 0 Å². The van der Waals surface area contributed by atoms with E-state index in [2.05, 4.69) is 20.5 Å². The Morgan fingerprint density at radius 2 is 2.10 bits per heavy atom. The summed E-state index contributed by atoms with van der Waals surface area (Å²) >= 11 is 1.31. The number of aryl methyl sites for hydroxylation is 1. The molecular weight excluding hydrogens is 386 g/mol. The van der Waals surface area contributed by atoms with Crippen LogP contribution in [-0.4, -0.2) is 48.7 Å². The molecule has 0 spiro atoms. The molecule has 0 radical (unpaired) electrons. The standard InChI is InChI=1S/C21H25N5O2S/c1-13-2-4-15-18(22)19(29-21(15)25-13)20(28)24-7-6-14-3-5-16(17(27)12-14)26-10-8-23-9-11-26/h2-5,12,23,27H,6-11,22H2,1H3,(H,24,28). The molecular formula is C21H25N5O2S. The molecule has 1 saturated heterocycles. The van der Waals surface area contributed by atoms with Crippen molar-refractivity contribution in [2.24, 2.45) is 0 Å². The molecule has 0 atom stereocenters. The van der Waals surface area contributed by atoms with Crippen LogP contribution in [-0.2, 0) is 6.42 Å². The van der Waals surface area contributed by atoms with E-state index < -0.39 is 0 Å². The SMILES string of the molecule is Cc1ccc2c(N)c(C(=O)NCCc3ccc(N4CCNCC4)c(O)c3)sc2n1. The van der Waals surface area contributed by atoms with Gasteiger partial charge in [0.2, 0.25) is 0 Å². The van der Waals surface area contributed by atoms with Crippen LogP contribution < -0.4 is 21.3 Å². The van der Waals surface area contributed by atoms with E-state index >= 15 is 0 Å². The first-order chi connectivity index (χ1) is 14.0. The third-order valence-electron chi connectivity index (χ3n) is 5.14. The van der Waals surface area contributed by atoms with Crippen molar-refractivity contribution in [1.82, 2.24) is 15.6 Å². The summed E-state index contributed by atoms with van der Waals surface area (Å²) in [5.41, 5.74) is 9.36. The van der Waals surface area contributed by atoms with Gasteiger partial charge in [0.1, 0.15) is 15.5 Å². The number of rotatable bonds is 5. The maximum Gasteiger partial charge on any atom is 0.263 e. The minimum atomic E-state index is -0.190. The summed E-state index contributed by atoms with van der Waals surface area (Å²) < 4.78 is 0. The number of nitrogens with two attached hydrogens (primary N) is 1. The van der Waals surface area contributed by atoms with Crippen LogP contribution in [0.5, 0.6) is 5.75 Å². The molecule has 1 fully saturated rings. The van der Waals surface area contributed by atoms with Crippen molar-refractivity contribution in [3.8, 4) is 5.75 Å². The predicted molar refractivity (Wildman–Crippen MR) is 118 cm³/mol. The van der Waals surface area contributed by atoms with Crippen molar-refractivity contribution in [3.05, 3.63) is 46.5 Å². The van der Waals surface area contributed by atoms with Gasteiger partial charge in [-0.05, 0) is 43.2 Å². The van der Waals surface area contributed by atoms with Crippen LogP contribution in [0, 0.1) is 6.92 Å². The highest BCUT2D eigenvalue weighted by atomic mass is 32.1. The Bertz CT molecular complexity index is 1040. The number of carbonyl (C=O) groups excluding carboxylic acids is 1. The average molecular weight is 412 g/mol. The zero-order valence-corrected chi connectivity index (χ0v) is 17.2. The quantitative estimate of drug-likeness (QED) is 0.514. The summed E-state index contributed by atoms with van der Waals surface area (Å²) in [4.78, 5) is 20.5. The molecule has 152 valence electrons. The van der Waals surface area contributed by atoms with Crippen LogP contribution in [0.2, 0.25) is 0 Å². The number of aromatic nitrogens is 1. The van der Waals surface area contributed by atoms with Crippen LogP contribution in [0.3, 0.4) is 0 Å². The van der Waals surface area contributed by atoms with Crippen LogP contribution in [0.1, 0.15) is 20.9 Å². The fourth-order valence-electron chi connectivity index (χ4n) is 3.56. The van der Waals surface area contributed by atoms with Crippen LogP contribution in [0.4, 0.5) is 11.4 Å². The summed E-state index contributed by atoms with van der Waals surface area (Å²) in [6.07, 6.45) is 0.628. The van der Waals surface area contributed by atoms with E-state index in [1.807, 2.05) is 31.2 Å². The molecule has 3 heterocycles. The Morgan fingerprint density at radius 3 is 2.86 bits per heavy atom. The Balaban J connectivity index is 1.38. The lowest BCUT2D eigenvalue weighted by atomic mass is 10.1. The third-order valence-corrected chi connectivity index (χ3v) is 6.25. The number of thiophene rings is 1. The number of phenolic OH excluding ortho intramolecular Hbond substituents is 1. The van der Waals surface area contributed by atoms with Crippen LogP contribution >= 0.6 is 11.3 Å². The molecule has 8 heteroatoms. The molecule has 3 aromatic rings. The van der Waals surface area contributed by atoms with Crippen molar-refractivity contribution in [1.29, 1.82) is 0 Å². The molecule has 2 aromatic heterocycles. The van der Waals surface area contributed by atoms with Gasteiger partial charge in [-0.25, -0.2) is 4.98 Å². The third kappa shape index (κ3) is 4.13. The fraction of sp³-hybridized carbons (Fsp3) is 0.333. The smallest absolute Gasteiger partial charge is 0.263 e. The lowest BCUT2D eigenvalue weighted by Gasteiger charge is -2.30. The van der Waals surface area contributed by atoms with Crippen molar-refractivity contribution in [2.45, 2.75) is 13.3 Å². The molecule has 1 amide bonds. The lowest BCUT2D eigenvalue weighted by molar-refractivity contribution is 0.0959. The van der Waals surface area contributed by atoms with Gasteiger partial charge >= 0.3 is 0 Å². The van der Waals surface area contributed by atoms with Gasteiger partial charge in [-0.1, -0.05) is 6.07 Å². The second kappa shape index (κ2) is 8.26. The minimum Gasteiger partial charge on any atom is -0.506 e. The van der Waals surface area contributed by atoms with Gasteiger partial charge in [0.05, 0.1) is 11.4 Å². The second-order valence-electron chi connectivity index (χ2n) is 7.22. The van der Waals surface area contributed by atoms with Gasteiger partial charge in [0.15, 0.2) is 0 Å². The second-order valence-corrected chi connectivity index (χ2v) is 8.22. The summed E-state index contributed by atoms with van der Waals surface area (Å²) in [6, 6.07) is 9.54. The Morgan fingerprint density at radius 1 is 1.31 bits per heavy atom. The molecule has 0 unspecified atom stereocenters. The number of hydrogen-bond acceptors (Lipinski definition) is 7. The number of nitrogens with one attached hydrogen (secondary N) is 2. The van der Waals surface area contributed by atoms with E-state index in [1.54, 1.807) is 6.07 Å². The van der Waals surface area contributed by atoms with Gasteiger partial charge in [-0.15, -0.1) is 11.3 Å². The van der Waals surface area contributed by atoms with Gasteiger partial charge in [-0.3, -0.25) is 4.79 Å². The summed E-state index contributed by atoms with van der Waals surface area (Å²) in [5, 5.41) is 17.4. The number of pyridine rings is 1. The Hall–Kier alpha value is -2.84. The molecule has 1 aliphatic rings. The molecule has 4 rings (SSSR count). The summed E-state index contributed by atoms with van der Waals surface area (Å²) in [5.74, 6) is 0.0933. The number of nitrogen functional groups attached to an aromatic ring is 1. The molecule has 7 nitrogen and oxygen atoms in total. The number of fused-ring (bicyclic) bond motifs is 1. The maximum absolute atomic E-state index is 12.6. The number of anilines is 2. The van der Waals surface area contributed by atoms with Gasteiger partial charge < -0.3 is 26.4 Å². The summed E-state index contributed by atoms with van der Waals surface area (Å²) in [6.45, 7) is 5.98. The monoisotopic (exact) mass is 411 g/mol. The number of hydrogen-bond donors (Lipinski definition) is 4. The predicted octanol–water partition coefficient (Wildman–Crippen LogP) is 2.27.